The molecule has 2 aromatic carbocycles. The molecule has 1 fully saturated rings. The van der Waals surface area contributed by atoms with E-state index in [1.54, 1.807) is 30.3 Å². The van der Waals surface area contributed by atoms with E-state index in [0.29, 0.717) is 17.3 Å². The van der Waals surface area contributed by atoms with Gasteiger partial charge in [-0.05, 0) is 49.0 Å². The van der Waals surface area contributed by atoms with Crippen molar-refractivity contribution in [3.8, 4) is 0 Å². The van der Waals surface area contributed by atoms with Crippen LogP contribution in [0.4, 0.5) is 38.0 Å². The fourth-order valence-corrected chi connectivity index (χ4v) is 4.73. The van der Waals surface area contributed by atoms with Gasteiger partial charge in [-0.2, -0.15) is 4.98 Å². The zero-order valence-corrected chi connectivity index (χ0v) is 22.0. The third kappa shape index (κ3) is 5.68. The van der Waals surface area contributed by atoms with Crippen LogP contribution in [0.5, 0.6) is 0 Å². The van der Waals surface area contributed by atoms with Crippen LogP contribution in [0.2, 0.25) is 0 Å². The SMILES string of the molecule is C=CC(=O)Nc1c(F)cccc1CN1Cc2cnc(Nc3ccc(N4CCN(C)CC4)cc3)nc2N(C)C1=O. The first-order chi connectivity index (χ1) is 18.8. The summed E-state index contributed by atoms with van der Waals surface area (Å²) in [5.41, 5.74) is 3.27. The number of benzene rings is 2. The first kappa shape index (κ1) is 26.1. The Morgan fingerprint density at radius 2 is 1.85 bits per heavy atom. The monoisotopic (exact) mass is 530 g/mol. The number of para-hydroxylation sites is 1. The van der Waals surface area contributed by atoms with Gasteiger partial charge in [0.1, 0.15) is 11.6 Å². The molecular weight excluding hydrogens is 499 g/mol. The molecule has 11 heteroatoms. The van der Waals surface area contributed by atoms with Crippen molar-refractivity contribution in [2.45, 2.75) is 13.1 Å². The molecule has 0 aliphatic carbocycles. The Kier molecular flexibility index (Phi) is 7.42. The van der Waals surface area contributed by atoms with Gasteiger partial charge in [0, 0.05) is 62.9 Å². The summed E-state index contributed by atoms with van der Waals surface area (Å²) < 4.78 is 14.5. The van der Waals surface area contributed by atoms with Crippen LogP contribution in [-0.4, -0.2) is 72.0 Å². The molecule has 3 amide bonds. The Hall–Kier alpha value is -4.51. The van der Waals surface area contributed by atoms with Gasteiger partial charge in [-0.1, -0.05) is 18.7 Å². The third-order valence-corrected chi connectivity index (χ3v) is 6.96. The fraction of sp³-hybridized carbons (Fsp3) is 0.286. The normalized spacial score (nSPS) is 15.7. The average molecular weight is 531 g/mol. The van der Waals surface area contributed by atoms with Crippen LogP contribution in [0, 0.1) is 5.82 Å². The Morgan fingerprint density at radius 1 is 1.10 bits per heavy atom. The van der Waals surface area contributed by atoms with Gasteiger partial charge in [-0.15, -0.1) is 0 Å². The summed E-state index contributed by atoms with van der Waals surface area (Å²) in [7, 11) is 3.78. The molecule has 3 heterocycles. The second-order valence-electron chi connectivity index (χ2n) is 9.67. The van der Waals surface area contributed by atoms with Crippen molar-refractivity contribution in [2.24, 2.45) is 0 Å². The Morgan fingerprint density at radius 3 is 2.56 bits per heavy atom. The molecule has 1 saturated heterocycles. The van der Waals surface area contributed by atoms with Crippen LogP contribution in [0.25, 0.3) is 0 Å². The maximum absolute atomic E-state index is 14.5. The van der Waals surface area contributed by atoms with Crippen molar-refractivity contribution >= 4 is 40.8 Å². The predicted octanol–water partition coefficient (Wildman–Crippen LogP) is 3.81. The van der Waals surface area contributed by atoms with Crippen LogP contribution in [-0.2, 0) is 17.9 Å². The number of carbonyl (C=O) groups is 2. The number of amides is 3. The molecule has 2 N–H and O–H groups in total. The van der Waals surface area contributed by atoms with Gasteiger partial charge < -0.3 is 25.3 Å². The van der Waals surface area contributed by atoms with E-state index in [1.165, 1.54) is 16.7 Å². The lowest BCUT2D eigenvalue weighted by atomic mass is 10.1. The van der Waals surface area contributed by atoms with Crippen LogP contribution in [0.15, 0.2) is 61.3 Å². The smallest absolute Gasteiger partial charge is 0.326 e. The first-order valence-electron chi connectivity index (χ1n) is 12.7. The van der Waals surface area contributed by atoms with Gasteiger partial charge in [-0.25, -0.2) is 14.2 Å². The van der Waals surface area contributed by atoms with Crippen LogP contribution in [0.1, 0.15) is 11.1 Å². The van der Waals surface area contributed by atoms with E-state index in [4.69, 9.17) is 0 Å². The zero-order valence-electron chi connectivity index (χ0n) is 22.0. The van der Waals surface area contributed by atoms with Crippen molar-refractivity contribution < 1.29 is 14.0 Å². The minimum atomic E-state index is -0.587. The largest absolute Gasteiger partial charge is 0.369 e. The van der Waals surface area contributed by atoms with Crippen molar-refractivity contribution in [3.05, 3.63) is 78.3 Å². The van der Waals surface area contributed by atoms with E-state index in [0.717, 1.165) is 43.5 Å². The molecule has 5 rings (SSSR count). The molecule has 1 aromatic heterocycles. The number of carbonyl (C=O) groups excluding carboxylic acids is 2. The lowest BCUT2D eigenvalue weighted by Gasteiger charge is -2.34. The van der Waals surface area contributed by atoms with E-state index >= 15 is 0 Å². The average Bonchev–Trinajstić information content (AvgIpc) is 2.94. The Bertz CT molecular complexity index is 1390. The maximum atomic E-state index is 14.5. The fourth-order valence-electron chi connectivity index (χ4n) is 4.73. The number of rotatable bonds is 7. The van der Waals surface area contributed by atoms with E-state index in [1.807, 2.05) is 12.1 Å². The number of halogens is 1. The molecule has 0 radical (unpaired) electrons. The van der Waals surface area contributed by atoms with Crippen LogP contribution < -0.4 is 20.4 Å². The highest BCUT2D eigenvalue weighted by Gasteiger charge is 2.30. The van der Waals surface area contributed by atoms with Gasteiger partial charge in [-0.3, -0.25) is 9.69 Å². The summed E-state index contributed by atoms with van der Waals surface area (Å²) in [5.74, 6) is -0.233. The third-order valence-electron chi connectivity index (χ3n) is 6.96. The predicted molar refractivity (Wildman–Crippen MR) is 150 cm³/mol. The molecule has 0 atom stereocenters. The molecule has 202 valence electrons. The van der Waals surface area contributed by atoms with Gasteiger partial charge in [0.05, 0.1) is 12.2 Å². The summed E-state index contributed by atoms with van der Waals surface area (Å²) in [6.45, 7) is 7.82. The summed E-state index contributed by atoms with van der Waals surface area (Å²) in [6, 6.07) is 12.3. The van der Waals surface area contributed by atoms with E-state index in [9.17, 15) is 14.0 Å². The number of likely N-dealkylation sites (N-methyl/N-ethyl adjacent to an activating group) is 1. The molecule has 0 bridgehead atoms. The van der Waals surface area contributed by atoms with Gasteiger partial charge >= 0.3 is 6.03 Å². The van der Waals surface area contributed by atoms with Crippen LogP contribution in [0.3, 0.4) is 0 Å². The number of hydrogen-bond acceptors (Lipinski definition) is 7. The van der Waals surface area contributed by atoms with Crippen molar-refractivity contribution in [3.63, 3.8) is 0 Å². The van der Waals surface area contributed by atoms with E-state index < -0.39 is 11.7 Å². The minimum absolute atomic E-state index is 0.0260. The number of nitrogens with zero attached hydrogens (tertiary/aromatic N) is 6. The van der Waals surface area contributed by atoms with Crippen molar-refractivity contribution in [1.29, 1.82) is 0 Å². The standard InChI is InChI=1S/C28H31FN8O2/c1-4-24(38)32-25-19(6-5-7-23(25)29)17-37-18-20-16-30-27(33-26(20)35(3)28(37)39)31-21-8-10-22(11-9-21)36-14-12-34(2)13-15-36/h4-11,16H,1,12-15,17-18H2,2-3H3,(H,32,38)(H,30,31,33). The summed E-state index contributed by atoms with van der Waals surface area (Å²) in [4.78, 5) is 41.8. The number of fused-ring (bicyclic) bond motifs is 1. The summed E-state index contributed by atoms with van der Waals surface area (Å²) in [5, 5.41) is 5.72. The highest BCUT2D eigenvalue weighted by molar-refractivity contribution is 5.99. The van der Waals surface area contributed by atoms with E-state index in [-0.39, 0.29) is 24.8 Å². The van der Waals surface area contributed by atoms with Crippen LogP contribution >= 0.6 is 0 Å². The van der Waals surface area contributed by atoms with Gasteiger partial charge in [0.15, 0.2) is 0 Å². The molecule has 0 unspecified atom stereocenters. The maximum Gasteiger partial charge on any atom is 0.326 e. The number of piperazine rings is 1. The van der Waals surface area contributed by atoms with Crippen molar-refractivity contribution in [2.75, 3.05) is 60.7 Å². The zero-order chi connectivity index (χ0) is 27.5. The second-order valence-corrected chi connectivity index (χ2v) is 9.67. The summed E-state index contributed by atoms with van der Waals surface area (Å²) >= 11 is 0. The molecule has 0 saturated carbocycles. The lowest BCUT2D eigenvalue weighted by molar-refractivity contribution is -0.111. The summed E-state index contributed by atoms with van der Waals surface area (Å²) in [6.07, 6.45) is 2.75. The number of aromatic nitrogens is 2. The second kappa shape index (κ2) is 11.1. The molecular formula is C28H31FN8O2. The number of anilines is 5. The Balaban J connectivity index is 1.29. The number of hydrogen-bond donors (Lipinski definition) is 2. The molecule has 0 spiro atoms. The topological polar surface area (TPSA) is 96.9 Å². The van der Waals surface area contributed by atoms with E-state index in [2.05, 4.69) is 56.2 Å². The minimum Gasteiger partial charge on any atom is -0.369 e. The molecule has 39 heavy (non-hydrogen) atoms. The highest BCUT2D eigenvalue weighted by atomic mass is 19.1. The molecule has 3 aromatic rings. The highest BCUT2D eigenvalue weighted by Crippen LogP contribution is 2.30. The van der Waals surface area contributed by atoms with Gasteiger partial charge in [0.2, 0.25) is 11.9 Å². The molecule has 10 nitrogen and oxygen atoms in total. The lowest BCUT2D eigenvalue weighted by Crippen LogP contribution is -2.45. The number of urea groups is 1. The van der Waals surface area contributed by atoms with Gasteiger partial charge in [0.25, 0.3) is 0 Å². The molecule has 2 aliphatic rings. The Labute approximate surface area is 226 Å². The first-order valence-corrected chi connectivity index (χ1v) is 12.7. The number of nitrogens with one attached hydrogen (secondary N) is 2. The quantitative estimate of drug-likeness (QED) is 0.449. The molecule has 2 aliphatic heterocycles. The van der Waals surface area contributed by atoms with Crippen molar-refractivity contribution in [1.82, 2.24) is 19.8 Å².